The van der Waals surface area contributed by atoms with Gasteiger partial charge in [-0.25, -0.2) is 5.01 Å². The van der Waals surface area contributed by atoms with E-state index in [2.05, 4.69) is 21.6 Å². The van der Waals surface area contributed by atoms with Gasteiger partial charge in [-0.05, 0) is 37.0 Å². The van der Waals surface area contributed by atoms with Crippen LogP contribution in [0.15, 0.2) is 11.6 Å². The van der Waals surface area contributed by atoms with Gasteiger partial charge >= 0.3 is 0 Å². The molecule has 1 heterocycles. The van der Waals surface area contributed by atoms with Crippen LogP contribution in [-0.4, -0.2) is 28.5 Å². The average molecular weight is 196 g/mol. The van der Waals surface area contributed by atoms with Crippen molar-refractivity contribution in [1.82, 2.24) is 10.0 Å². The third-order valence-electron chi connectivity index (χ3n) is 2.98. The second-order valence-corrected chi connectivity index (χ2v) is 5.18. The molecule has 72 valence electrons. The highest BCUT2D eigenvalue weighted by atomic mass is 32.2. The summed E-state index contributed by atoms with van der Waals surface area (Å²) in [7, 11) is 0. The van der Waals surface area contributed by atoms with E-state index in [-0.39, 0.29) is 0 Å². The van der Waals surface area contributed by atoms with Crippen LogP contribution in [0.2, 0.25) is 0 Å². The van der Waals surface area contributed by atoms with Crippen molar-refractivity contribution in [3.63, 3.8) is 0 Å². The molecule has 3 rings (SSSR count). The van der Waals surface area contributed by atoms with Gasteiger partial charge in [-0.3, -0.25) is 0 Å². The largest absolute Gasteiger partial charge is 0.302 e. The van der Waals surface area contributed by atoms with Gasteiger partial charge in [0, 0.05) is 18.8 Å². The first kappa shape index (κ1) is 8.18. The van der Waals surface area contributed by atoms with Gasteiger partial charge in [0.25, 0.3) is 0 Å². The molecule has 0 N–H and O–H groups in total. The van der Waals surface area contributed by atoms with Crippen molar-refractivity contribution in [3.8, 4) is 0 Å². The summed E-state index contributed by atoms with van der Waals surface area (Å²) in [4.78, 5) is 0. The smallest absolute Gasteiger partial charge is 0.0835 e. The van der Waals surface area contributed by atoms with Crippen LogP contribution in [0.4, 0.5) is 0 Å². The molecule has 0 aromatic carbocycles. The van der Waals surface area contributed by atoms with Crippen LogP contribution in [0.1, 0.15) is 25.7 Å². The fourth-order valence-corrected chi connectivity index (χ4v) is 2.54. The van der Waals surface area contributed by atoms with E-state index >= 15 is 0 Å². The Labute approximate surface area is 83.9 Å². The fourth-order valence-electron chi connectivity index (χ4n) is 1.84. The van der Waals surface area contributed by atoms with Crippen molar-refractivity contribution in [1.29, 1.82) is 0 Å². The van der Waals surface area contributed by atoms with Gasteiger partial charge in [0.15, 0.2) is 0 Å². The number of hydrogen-bond donors (Lipinski definition) is 0. The Morgan fingerprint density at radius 3 is 2.69 bits per heavy atom. The Bertz CT molecular complexity index is 221. The molecule has 3 aliphatic rings. The van der Waals surface area contributed by atoms with Gasteiger partial charge in [-0.15, -0.1) is 11.8 Å². The van der Waals surface area contributed by atoms with E-state index < -0.39 is 0 Å². The molecule has 2 fully saturated rings. The maximum absolute atomic E-state index is 2.61. The highest BCUT2D eigenvalue weighted by Crippen LogP contribution is 2.37. The molecule has 0 amide bonds. The zero-order valence-corrected chi connectivity index (χ0v) is 8.67. The molecule has 3 heteroatoms. The first-order chi connectivity index (χ1) is 6.43. The van der Waals surface area contributed by atoms with Crippen LogP contribution in [-0.2, 0) is 0 Å². The Morgan fingerprint density at radius 2 is 2.15 bits per heavy atom. The van der Waals surface area contributed by atoms with Gasteiger partial charge in [0.2, 0.25) is 0 Å². The minimum Gasteiger partial charge on any atom is -0.302 e. The highest BCUT2D eigenvalue weighted by Gasteiger charge is 2.36. The van der Waals surface area contributed by atoms with E-state index in [9.17, 15) is 0 Å². The summed E-state index contributed by atoms with van der Waals surface area (Å²) >= 11 is 1.91. The maximum atomic E-state index is 2.61. The lowest BCUT2D eigenvalue weighted by Gasteiger charge is -2.31. The molecule has 0 spiro atoms. The van der Waals surface area contributed by atoms with Crippen LogP contribution < -0.4 is 0 Å². The van der Waals surface area contributed by atoms with Gasteiger partial charge in [0.05, 0.1) is 5.88 Å². The molecule has 13 heavy (non-hydrogen) atoms. The fraction of sp³-hybridized carbons (Fsp3) is 0.800. The monoisotopic (exact) mass is 196 g/mol. The summed E-state index contributed by atoms with van der Waals surface area (Å²) in [6.07, 6.45) is 8.01. The molecule has 0 radical (unpaired) electrons. The van der Waals surface area contributed by atoms with Crippen molar-refractivity contribution >= 4 is 11.8 Å². The molecule has 2 aliphatic carbocycles. The van der Waals surface area contributed by atoms with Crippen molar-refractivity contribution in [3.05, 3.63) is 11.6 Å². The highest BCUT2D eigenvalue weighted by molar-refractivity contribution is 8.02. The molecule has 0 aromatic rings. The summed E-state index contributed by atoms with van der Waals surface area (Å²) in [6, 6.07) is 0.879. The van der Waals surface area contributed by atoms with E-state index in [1.54, 1.807) is 0 Å². The van der Waals surface area contributed by atoms with Gasteiger partial charge < -0.3 is 5.01 Å². The first-order valence-corrected chi connectivity index (χ1v) is 6.30. The van der Waals surface area contributed by atoms with E-state index in [4.69, 9.17) is 0 Å². The third-order valence-corrected chi connectivity index (χ3v) is 3.70. The Morgan fingerprint density at radius 1 is 1.31 bits per heavy atom. The Balaban J connectivity index is 1.62. The van der Waals surface area contributed by atoms with Crippen molar-refractivity contribution in [2.45, 2.75) is 31.7 Å². The van der Waals surface area contributed by atoms with Gasteiger partial charge in [0.1, 0.15) is 0 Å². The molecule has 0 aromatic heterocycles. The van der Waals surface area contributed by atoms with E-state index in [1.165, 1.54) is 32.2 Å². The third kappa shape index (κ3) is 1.86. The second kappa shape index (κ2) is 3.21. The van der Waals surface area contributed by atoms with Crippen LogP contribution in [0.3, 0.4) is 0 Å². The Hall–Kier alpha value is -0.150. The minimum absolute atomic E-state index is 0.879. The molecule has 0 saturated heterocycles. The van der Waals surface area contributed by atoms with Crippen LogP contribution >= 0.6 is 11.8 Å². The zero-order valence-electron chi connectivity index (χ0n) is 7.85. The molecular formula is C10H16N2S. The minimum atomic E-state index is 0.879. The number of thioether (sulfide) groups is 1. The summed E-state index contributed by atoms with van der Waals surface area (Å²) < 4.78 is 0. The summed E-state index contributed by atoms with van der Waals surface area (Å²) in [5, 5.41) is 7.23. The van der Waals surface area contributed by atoms with Crippen molar-refractivity contribution < 1.29 is 0 Å². The van der Waals surface area contributed by atoms with Crippen LogP contribution in [0.5, 0.6) is 0 Å². The molecule has 0 unspecified atom stereocenters. The lowest BCUT2D eigenvalue weighted by atomic mass is 10.4. The topological polar surface area (TPSA) is 6.48 Å². The quantitative estimate of drug-likeness (QED) is 0.681. The SMILES string of the molecule is C1=CN(N(CC2CC2)C2CC2)CS1. The molecule has 2 saturated carbocycles. The molecule has 2 nitrogen and oxygen atoms in total. The number of nitrogens with zero attached hydrogens (tertiary/aromatic N) is 2. The number of rotatable bonds is 4. The molecular weight excluding hydrogens is 180 g/mol. The number of hydrogen-bond acceptors (Lipinski definition) is 3. The van der Waals surface area contributed by atoms with Gasteiger partial charge in [-0.1, -0.05) is 0 Å². The molecule has 0 bridgehead atoms. The summed E-state index contributed by atoms with van der Waals surface area (Å²) in [5.41, 5.74) is 0. The second-order valence-electron chi connectivity index (χ2n) is 4.32. The summed E-state index contributed by atoms with van der Waals surface area (Å²) in [6.45, 7) is 1.32. The van der Waals surface area contributed by atoms with Crippen LogP contribution in [0.25, 0.3) is 0 Å². The Kier molecular flexibility index (Phi) is 2.02. The molecule has 0 atom stereocenters. The lowest BCUT2D eigenvalue weighted by Crippen LogP contribution is -2.40. The van der Waals surface area contributed by atoms with E-state index in [1.807, 2.05) is 11.8 Å². The van der Waals surface area contributed by atoms with E-state index in [0.717, 1.165) is 17.8 Å². The van der Waals surface area contributed by atoms with Crippen molar-refractivity contribution in [2.24, 2.45) is 5.92 Å². The normalized spacial score (nSPS) is 27.6. The first-order valence-electron chi connectivity index (χ1n) is 5.25. The van der Waals surface area contributed by atoms with Crippen molar-refractivity contribution in [2.75, 3.05) is 12.4 Å². The predicted molar refractivity (Wildman–Crippen MR) is 55.9 cm³/mol. The van der Waals surface area contributed by atoms with Gasteiger partial charge in [-0.2, -0.15) is 0 Å². The zero-order chi connectivity index (χ0) is 8.67. The number of hydrazine groups is 1. The average Bonchev–Trinajstić information content (AvgIpc) is 3.03. The predicted octanol–water partition coefficient (Wildman–Crippen LogP) is 2.25. The molecule has 1 aliphatic heterocycles. The lowest BCUT2D eigenvalue weighted by molar-refractivity contribution is 0.0282. The standard InChI is InChI=1S/C10H16N2S/c1-2-9(1)7-12(10-3-4-10)11-5-6-13-8-11/h5-6,9-10H,1-4,7-8H2. The van der Waals surface area contributed by atoms with Crippen LogP contribution in [0, 0.1) is 5.92 Å². The van der Waals surface area contributed by atoms with E-state index in [0.29, 0.717) is 0 Å². The maximum Gasteiger partial charge on any atom is 0.0835 e. The summed E-state index contributed by atoms with van der Waals surface area (Å²) in [5.74, 6) is 2.16.